The minimum absolute atomic E-state index is 0.0595. The highest BCUT2D eigenvalue weighted by Crippen LogP contribution is 2.28. The summed E-state index contributed by atoms with van der Waals surface area (Å²) in [6, 6.07) is 30.2. The zero-order chi connectivity index (χ0) is 26.9. The van der Waals surface area contributed by atoms with Crippen LogP contribution in [-0.2, 0) is 14.4 Å². The molecule has 8 heteroatoms. The molecular formula is C31H22N4O4. The third-order valence-electron chi connectivity index (χ3n) is 6.60. The zero-order valence-electron chi connectivity index (χ0n) is 20.7. The van der Waals surface area contributed by atoms with Crippen molar-refractivity contribution in [3.8, 4) is 0 Å². The molecule has 1 aliphatic rings. The molecule has 4 aromatic carbocycles. The predicted molar refractivity (Wildman–Crippen MR) is 149 cm³/mol. The number of carbonyl (C=O) groups is 3. The minimum atomic E-state index is -0.742. The van der Waals surface area contributed by atoms with Crippen molar-refractivity contribution >= 4 is 67.1 Å². The lowest BCUT2D eigenvalue weighted by atomic mass is 10.0. The summed E-state index contributed by atoms with van der Waals surface area (Å²) in [5.74, 6) is -1.75. The molecule has 0 spiro atoms. The number of hydrogen-bond acceptors (Lipinski definition) is 7. The van der Waals surface area contributed by atoms with E-state index in [9.17, 15) is 14.4 Å². The fourth-order valence-electron chi connectivity index (χ4n) is 4.72. The standard InChI is InChI=1S/C18H12N2O4.C13H10N2/c21-15-9-10-16(22)20(15)24-18(23)17-11-5-1-3-7-13(11)19-14-8-4-2-6-12(14)17;14-13-9-5-1-3-7-11(9)15-12-8-4-2-6-10(12)13/h1-8H,9-10H2;1-8H,(H2,14,15). The van der Waals surface area contributed by atoms with Crippen LogP contribution in [0.4, 0.5) is 5.69 Å². The third kappa shape index (κ3) is 4.38. The van der Waals surface area contributed by atoms with Gasteiger partial charge in [0.05, 0.1) is 33.3 Å². The summed E-state index contributed by atoms with van der Waals surface area (Å²) >= 11 is 0. The summed E-state index contributed by atoms with van der Waals surface area (Å²) in [6.45, 7) is 0. The SMILES string of the molecule is Nc1c2ccccc2nc2ccccc12.O=C(ON1C(=O)CCC1=O)c1c2ccccc2nc2ccccc12. The lowest BCUT2D eigenvalue weighted by Gasteiger charge is -2.15. The van der Waals surface area contributed by atoms with Gasteiger partial charge in [0, 0.05) is 34.4 Å². The van der Waals surface area contributed by atoms with E-state index in [1.807, 2.05) is 60.7 Å². The molecule has 7 rings (SSSR count). The molecule has 2 amide bonds. The molecule has 0 bridgehead atoms. The van der Waals surface area contributed by atoms with Crippen molar-refractivity contribution in [2.24, 2.45) is 0 Å². The summed E-state index contributed by atoms with van der Waals surface area (Å²) in [5, 5.41) is 3.83. The molecule has 6 aromatic rings. The Morgan fingerprint density at radius 3 is 1.41 bits per heavy atom. The van der Waals surface area contributed by atoms with Crippen LogP contribution in [0.25, 0.3) is 43.6 Å². The highest BCUT2D eigenvalue weighted by molar-refractivity contribution is 6.15. The van der Waals surface area contributed by atoms with E-state index in [-0.39, 0.29) is 12.8 Å². The van der Waals surface area contributed by atoms with E-state index < -0.39 is 17.8 Å². The van der Waals surface area contributed by atoms with E-state index in [0.717, 1.165) is 27.5 Å². The quantitative estimate of drug-likeness (QED) is 0.237. The second kappa shape index (κ2) is 9.83. The maximum Gasteiger partial charge on any atom is 0.365 e. The normalized spacial score (nSPS) is 13.2. The Morgan fingerprint density at radius 1 is 0.615 bits per heavy atom. The first-order chi connectivity index (χ1) is 19.0. The van der Waals surface area contributed by atoms with Gasteiger partial charge in [-0.2, -0.15) is 0 Å². The average Bonchev–Trinajstić information content (AvgIpc) is 3.28. The Labute approximate surface area is 222 Å². The number of anilines is 1. The summed E-state index contributed by atoms with van der Waals surface area (Å²) < 4.78 is 0. The number of rotatable bonds is 2. The number of amides is 2. The van der Waals surface area contributed by atoms with Gasteiger partial charge < -0.3 is 10.6 Å². The van der Waals surface area contributed by atoms with Gasteiger partial charge >= 0.3 is 5.97 Å². The maximum atomic E-state index is 12.7. The maximum absolute atomic E-state index is 12.7. The highest BCUT2D eigenvalue weighted by atomic mass is 16.7. The molecule has 0 radical (unpaired) electrons. The van der Waals surface area contributed by atoms with Crippen LogP contribution in [-0.4, -0.2) is 32.8 Å². The first kappa shape index (κ1) is 24.0. The van der Waals surface area contributed by atoms with E-state index in [1.54, 1.807) is 36.4 Å². The van der Waals surface area contributed by atoms with Crippen LogP contribution in [0.2, 0.25) is 0 Å². The fraction of sp³-hybridized carbons (Fsp3) is 0.0645. The van der Waals surface area contributed by atoms with Crippen LogP contribution in [0.3, 0.4) is 0 Å². The van der Waals surface area contributed by atoms with Crippen molar-refractivity contribution in [3.05, 3.63) is 103 Å². The summed E-state index contributed by atoms with van der Waals surface area (Å²) in [5.41, 5.74) is 10.4. The van der Waals surface area contributed by atoms with Gasteiger partial charge in [0.1, 0.15) is 0 Å². The molecule has 39 heavy (non-hydrogen) atoms. The van der Waals surface area contributed by atoms with Crippen molar-refractivity contribution in [2.75, 3.05) is 5.73 Å². The number of hydrogen-bond donors (Lipinski definition) is 1. The molecule has 0 aliphatic carbocycles. The Morgan fingerprint density at radius 2 is 0.974 bits per heavy atom. The minimum Gasteiger partial charge on any atom is -0.398 e. The van der Waals surface area contributed by atoms with E-state index in [1.165, 1.54) is 0 Å². The molecule has 8 nitrogen and oxygen atoms in total. The lowest BCUT2D eigenvalue weighted by Crippen LogP contribution is -2.32. The molecule has 0 atom stereocenters. The first-order valence-corrected chi connectivity index (χ1v) is 12.4. The summed E-state index contributed by atoms with van der Waals surface area (Å²) in [7, 11) is 0. The van der Waals surface area contributed by atoms with Crippen molar-refractivity contribution < 1.29 is 19.2 Å². The van der Waals surface area contributed by atoms with Gasteiger partial charge in [0.2, 0.25) is 0 Å². The van der Waals surface area contributed by atoms with Crippen LogP contribution in [0, 0.1) is 0 Å². The van der Waals surface area contributed by atoms with Gasteiger partial charge in [-0.3, -0.25) is 9.59 Å². The van der Waals surface area contributed by atoms with E-state index in [4.69, 9.17) is 10.6 Å². The van der Waals surface area contributed by atoms with Crippen molar-refractivity contribution in [1.82, 2.24) is 15.0 Å². The number of imide groups is 1. The van der Waals surface area contributed by atoms with Crippen LogP contribution in [0.5, 0.6) is 0 Å². The molecule has 2 N–H and O–H groups in total. The Hall–Kier alpha value is -5.37. The fourth-order valence-corrected chi connectivity index (χ4v) is 4.72. The highest BCUT2D eigenvalue weighted by Gasteiger charge is 2.34. The van der Waals surface area contributed by atoms with Crippen molar-refractivity contribution in [1.29, 1.82) is 0 Å². The zero-order valence-corrected chi connectivity index (χ0v) is 20.7. The molecule has 0 unspecified atom stereocenters. The van der Waals surface area contributed by atoms with Crippen LogP contribution in [0.1, 0.15) is 23.2 Å². The Bertz CT molecular complexity index is 1810. The molecule has 1 fully saturated rings. The van der Waals surface area contributed by atoms with Gasteiger partial charge in [-0.25, -0.2) is 14.8 Å². The van der Waals surface area contributed by atoms with Gasteiger partial charge in [-0.15, -0.1) is 5.06 Å². The van der Waals surface area contributed by atoms with Crippen molar-refractivity contribution in [3.63, 3.8) is 0 Å². The third-order valence-corrected chi connectivity index (χ3v) is 6.60. The number of aromatic nitrogens is 2. The second-order valence-corrected chi connectivity index (χ2v) is 9.04. The molecule has 0 saturated carbocycles. The molecule has 2 aromatic heterocycles. The number of carbonyl (C=O) groups excluding carboxylic acids is 3. The van der Waals surface area contributed by atoms with E-state index in [2.05, 4.69) is 9.97 Å². The smallest absolute Gasteiger partial charge is 0.365 e. The Kier molecular flexibility index (Phi) is 6.05. The molecule has 3 heterocycles. The topological polar surface area (TPSA) is 115 Å². The first-order valence-electron chi connectivity index (χ1n) is 12.4. The van der Waals surface area contributed by atoms with Gasteiger partial charge in [-0.05, 0) is 24.3 Å². The van der Waals surface area contributed by atoms with Crippen LogP contribution >= 0.6 is 0 Å². The number of pyridine rings is 2. The monoisotopic (exact) mass is 514 g/mol. The van der Waals surface area contributed by atoms with Crippen molar-refractivity contribution in [2.45, 2.75) is 12.8 Å². The van der Waals surface area contributed by atoms with Gasteiger partial charge in [0.15, 0.2) is 0 Å². The number of nitrogen functional groups attached to an aromatic ring is 1. The van der Waals surface area contributed by atoms with E-state index in [0.29, 0.717) is 32.4 Å². The van der Waals surface area contributed by atoms with Crippen LogP contribution in [0.15, 0.2) is 97.1 Å². The number of fused-ring (bicyclic) bond motifs is 4. The molecule has 190 valence electrons. The predicted octanol–water partition coefficient (Wildman–Crippen LogP) is 5.58. The summed E-state index contributed by atoms with van der Waals surface area (Å²) in [6.07, 6.45) is 0.119. The largest absolute Gasteiger partial charge is 0.398 e. The number of para-hydroxylation sites is 4. The second-order valence-electron chi connectivity index (χ2n) is 9.04. The van der Waals surface area contributed by atoms with Crippen LogP contribution < -0.4 is 5.73 Å². The van der Waals surface area contributed by atoms with Gasteiger partial charge in [0.25, 0.3) is 11.8 Å². The number of nitrogens with two attached hydrogens (primary N) is 1. The number of hydroxylamine groups is 2. The number of benzene rings is 4. The summed E-state index contributed by atoms with van der Waals surface area (Å²) in [4.78, 5) is 50.3. The Balaban J connectivity index is 0.000000158. The number of nitrogens with zero attached hydrogens (tertiary/aromatic N) is 3. The molecular weight excluding hydrogens is 492 g/mol. The molecule has 1 saturated heterocycles. The van der Waals surface area contributed by atoms with E-state index >= 15 is 0 Å². The lowest BCUT2D eigenvalue weighted by molar-refractivity contribution is -0.172. The molecule has 1 aliphatic heterocycles. The average molecular weight is 515 g/mol. The van der Waals surface area contributed by atoms with Gasteiger partial charge in [-0.1, -0.05) is 72.8 Å².